The Bertz CT molecular complexity index is 1510. The Kier molecular flexibility index (Phi) is 5.77. The molecule has 0 saturated carbocycles. The molecule has 2 atom stereocenters. The number of aryl methyl sites for hydroxylation is 2. The summed E-state index contributed by atoms with van der Waals surface area (Å²) in [4.78, 5) is 31.0. The van der Waals surface area contributed by atoms with Gasteiger partial charge in [0.15, 0.2) is 11.6 Å². The second kappa shape index (κ2) is 8.66. The molecule has 0 radical (unpaired) electrons. The summed E-state index contributed by atoms with van der Waals surface area (Å²) in [5.74, 6) is -0.439. The molecule has 4 aromatic rings. The zero-order valence-electron chi connectivity index (χ0n) is 20.0. The number of aliphatic imine (C=N–C) groups is 1. The predicted octanol–water partition coefficient (Wildman–Crippen LogP) is 5.80. The number of Topliss-reactive ketones (excluding diaryl/α,β-unsaturated/α-hetero) is 1. The molecule has 0 bridgehead atoms. The number of thiophene rings is 2. The lowest BCUT2D eigenvalue weighted by molar-refractivity contribution is -0.141. The Morgan fingerprint density at radius 2 is 1.74 bits per heavy atom. The minimum absolute atomic E-state index is 0.0464. The lowest BCUT2D eigenvalue weighted by Gasteiger charge is -2.16. The lowest BCUT2D eigenvalue weighted by atomic mass is 9.96. The number of fused-ring (bicyclic) bond motifs is 3. The Morgan fingerprint density at radius 1 is 1.06 bits per heavy atom. The van der Waals surface area contributed by atoms with Crippen LogP contribution < -0.4 is 0 Å². The maximum absolute atomic E-state index is 12.0. The first-order valence-electron chi connectivity index (χ1n) is 11.2. The fraction of sp³-hybridized carbons (Fsp3) is 0.269. The second-order valence-electron chi connectivity index (χ2n) is 8.75. The van der Waals surface area contributed by atoms with Crippen molar-refractivity contribution in [1.29, 1.82) is 0 Å². The largest absolute Gasteiger partial charge is 0.481 e. The van der Waals surface area contributed by atoms with E-state index < -0.39 is 17.9 Å². The van der Waals surface area contributed by atoms with Gasteiger partial charge >= 0.3 is 5.97 Å². The monoisotopic (exact) mass is 504 g/mol. The zero-order chi connectivity index (χ0) is 25.0. The molecule has 1 aliphatic heterocycles. The summed E-state index contributed by atoms with van der Waals surface area (Å²) in [6.07, 6.45) is 0. The van der Waals surface area contributed by atoms with Crippen LogP contribution in [0.15, 0.2) is 40.7 Å². The van der Waals surface area contributed by atoms with Gasteiger partial charge in [-0.25, -0.2) is 0 Å². The van der Waals surface area contributed by atoms with E-state index in [0.717, 1.165) is 48.3 Å². The molecule has 0 spiro atoms. The van der Waals surface area contributed by atoms with Gasteiger partial charge < -0.3 is 5.11 Å². The van der Waals surface area contributed by atoms with Crippen molar-refractivity contribution in [3.05, 3.63) is 73.8 Å². The number of carbonyl (C=O) groups excluding carboxylic acids is 1. The summed E-state index contributed by atoms with van der Waals surface area (Å²) in [5, 5.41) is 21.3. The highest BCUT2D eigenvalue weighted by Gasteiger charge is 2.36. The molecule has 4 heterocycles. The topological polar surface area (TPSA) is 97.4 Å². The van der Waals surface area contributed by atoms with E-state index in [1.54, 1.807) is 25.2 Å². The normalized spacial score (nSPS) is 15.7. The van der Waals surface area contributed by atoms with Crippen LogP contribution in [0.2, 0.25) is 0 Å². The SMILES string of the molecule is CC(=O)c1sccc1-c1ccc(C2=NC([C@H](C)C(=O)O)c3nnc(C)n3-c3sc(C)c(C)c32)cc1. The van der Waals surface area contributed by atoms with Crippen molar-refractivity contribution in [3.63, 3.8) is 0 Å². The number of carboxylic acids is 1. The standard InChI is InChI=1S/C26H24N4O3S2/c1-12-15(4)35-25-20(12)22(27-21(13(2)26(32)33)24-29-28-16(5)30(24)25)18-8-6-17(7-9-18)19-10-11-34-23(19)14(3)31/h6-11,13,21H,1-5H3,(H,32,33)/t13-,21?/m0/s1. The van der Waals surface area contributed by atoms with Gasteiger partial charge in [-0.1, -0.05) is 24.3 Å². The number of hydrogen-bond acceptors (Lipinski definition) is 7. The Labute approximate surface area is 210 Å². The van der Waals surface area contributed by atoms with Gasteiger partial charge in [-0.3, -0.25) is 19.1 Å². The smallest absolute Gasteiger partial charge is 0.308 e. The molecule has 5 rings (SSSR count). The van der Waals surface area contributed by atoms with Crippen molar-refractivity contribution in [3.8, 4) is 16.1 Å². The predicted molar refractivity (Wildman–Crippen MR) is 138 cm³/mol. The fourth-order valence-corrected chi connectivity index (χ4v) is 6.47. The van der Waals surface area contributed by atoms with E-state index in [-0.39, 0.29) is 5.78 Å². The van der Waals surface area contributed by atoms with E-state index in [1.807, 2.05) is 47.2 Å². The molecule has 0 aliphatic carbocycles. The summed E-state index contributed by atoms with van der Waals surface area (Å²) in [5.41, 5.74) is 5.58. The van der Waals surface area contributed by atoms with Crippen molar-refractivity contribution < 1.29 is 14.7 Å². The third kappa shape index (κ3) is 3.75. The number of benzene rings is 1. The molecule has 1 aromatic carbocycles. The number of aliphatic carboxylic acids is 1. The maximum atomic E-state index is 12.0. The maximum Gasteiger partial charge on any atom is 0.308 e. The molecule has 35 heavy (non-hydrogen) atoms. The first kappa shape index (κ1) is 23.3. The Hall–Kier alpha value is -3.43. The van der Waals surface area contributed by atoms with Crippen molar-refractivity contribution in [1.82, 2.24) is 14.8 Å². The lowest BCUT2D eigenvalue weighted by Crippen LogP contribution is -2.21. The number of hydrogen-bond donors (Lipinski definition) is 1. The van der Waals surface area contributed by atoms with Crippen LogP contribution in [0.25, 0.3) is 16.1 Å². The van der Waals surface area contributed by atoms with Crippen LogP contribution in [-0.2, 0) is 4.79 Å². The highest BCUT2D eigenvalue weighted by atomic mass is 32.1. The number of nitrogens with zero attached hydrogens (tertiary/aromatic N) is 4. The van der Waals surface area contributed by atoms with E-state index in [1.165, 1.54) is 11.3 Å². The molecule has 1 aliphatic rings. The molecule has 0 saturated heterocycles. The average Bonchev–Trinajstić information content (AvgIpc) is 3.51. The van der Waals surface area contributed by atoms with Crippen LogP contribution >= 0.6 is 22.7 Å². The molecule has 9 heteroatoms. The summed E-state index contributed by atoms with van der Waals surface area (Å²) in [7, 11) is 0. The first-order valence-corrected chi connectivity index (χ1v) is 12.9. The molecule has 0 amide bonds. The quantitative estimate of drug-likeness (QED) is 0.347. The van der Waals surface area contributed by atoms with E-state index in [9.17, 15) is 14.7 Å². The Morgan fingerprint density at radius 3 is 2.40 bits per heavy atom. The van der Waals surface area contributed by atoms with Gasteiger partial charge in [0.1, 0.15) is 16.9 Å². The fourth-order valence-electron chi connectivity index (χ4n) is 4.43. The van der Waals surface area contributed by atoms with E-state index in [4.69, 9.17) is 4.99 Å². The van der Waals surface area contributed by atoms with Gasteiger partial charge in [0.05, 0.1) is 16.5 Å². The number of carboxylic acid groups (broad SMARTS) is 1. The molecule has 7 nitrogen and oxygen atoms in total. The van der Waals surface area contributed by atoms with Gasteiger partial charge in [0.2, 0.25) is 0 Å². The van der Waals surface area contributed by atoms with Crippen molar-refractivity contribution in [2.75, 3.05) is 0 Å². The van der Waals surface area contributed by atoms with Crippen LogP contribution in [0.1, 0.15) is 62.8 Å². The second-order valence-corrected chi connectivity index (χ2v) is 10.9. The van der Waals surface area contributed by atoms with E-state index in [0.29, 0.717) is 11.6 Å². The molecule has 1 unspecified atom stereocenters. The summed E-state index contributed by atoms with van der Waals surface area (Å²) >= 11 is 3.08. The van der Waals surface area contributed by atoms with Crippen LogP contribution in [0.5, 0.6) is 0 Å². The molecule has 0 fully saturated rings. The first-order chi connectivity index (χ1) is 16.7. The van der Waals surface area contributed by atoms with Gasteiger partial charge in [-0.15, -0.1) is 32.9 Å². The van der Waals surface area contributed by atoms with Crippen LogP contribution in [0.3, 0.4) is 0 Å². The van der Waals surface area contributed by atoms with Crippen molar-refractivity contribution >= 4 is 40.1 Å². The summed E-state index contributed by atoms with van der Waals surface area (Å²) in [6.45, 7) is 9.26. The molecule has 178 valence electrons. The van der Waals surface area contributed by atoms with Gasteiger partial charge in [-0.2, -0.15) is 0 Å². The summed E-state index contributed by atoms with van der Waals surface area (Å²) < 4.78 is 1.96. The molecular weight excluding hydrogens is 480 g/mol. The Balaban J connectivity index is 1.71. The number of rotatable bonds is 5. The van der Waals surface area contributed by atoms with Gasteiger partial charge in [0, 0.05) is 21.6 Å². The minimum Gasteiger partial charge on any atom is -0.481 e. The third-order valence-corrected chi connectivity index (χ3v) is 8.71. The average molecular weight is 505 g/mol. The van der Waals surface area contributed by atoms with Crippen molar-refractivity contribution in [2.24, 2.45) is 10.9 Å². The van der Waals surface area contributed by atoms with Gasteiger partial charge in [0.25, 0.3) is 0 Å². The van der Waals surface area contributed by atoms with Crippen LogP contribution in [0.4, 0.5) is 0 Å². The van der Waals surface area contributed by atoms with Gasteiger partial charge in [-0.05, 0) is 57.2 Å². The highest BCUT2D eigenvalue weighted by molar-refractivity contribution is 7.15. The van der Waals surface area contributed by atoms with Crippen LogP contribution in [-0.4, -0.2) is 37.3 Å². The van der Waals surface area contributed by atoms with Crippen molar-refractivity contribution in [2.45, 2.75) is 40.7 Å². The number of ketones is 1. The minimum atomic E-state index is -0.937. The zero-order valence-corrected chi connectivity index (χ0v) is 21.6. The van der Waals surface area contributed by atoms with E-state index >= 15 is 0 Å². The summed E-state index contributed by atoms with van der Waals surface area (Å²) in [6, 6.07) is 9.24. The molecular formula is C26H24N4O3S2. The highest BCUT2D eigenvalue weighted by Crippen LogP contribution is 2.41. The van der Waals surface area contributed by atoms with E-state index in [2.05, 4.69) is 24.0 Å². The number of aromatic nitrogens is 3. The number of carbonyl (C=O) groups is 2. The van der Waals surface area contributed by atoms with Crippen LogP contribution in [0, 0.1) is 26.7 Å². The molecule has 3 aromatic heterocycles. The molecule has 1 N–H and O–H groups in total. The third-order valence-electron chi connectivity index (χ3n) is 6.51.